The highest BCUT2D eigenvalue weighted by Crippen LogP contribution is 2.18. The summed E-state index contributed by atoms with van der Waals surface area (Å²) in [6, 6.07) is -0.625. The van der Waals surface area contributed by atoms with Crippen molar-refractivity contribution in [3.8, 4) is 0 Å². The Balaban J connectivity index is 0. The molecule has 0 saturated heterocycles. The fourth-order valence-electron chi connectivity index (χ4n) is 1.75. The number of amides is 2. The van der Waals surface area contributed by atoms with E-state index < -0.39 is 6.04 Å². The number of halogens is 2. The van der Waals surface area contributed by atoms with E-state index in [9.17, 15) is 9.59 Å². The largest absolute Gasteiger partial charge is 0.353 e. The Bertz CT molecular complexity index is 542. The summed E-state index contributed by atoms with van der Waals surface area (Å²) in [5.74, 6) is -0.397. The number of hydrogen-bond acceptors (Lipinski definition) is 5. The average molecular weight is 397 g/mol. The summed E-state index contributed by atoms with van der Waals surface area (Å²) >= 11 is 0. The molecule has 0 aliphatic heterocycles. The summed E-state index contributed by atoms with van der Waals surface area (Å²) in [4.78, 5) is 25.8. The highest BCUT2D eigenvalue weighted by molar-refractivity contribution is 5.95. The number of nitrogens with two attached hydrogens (primary N) is 1. The van der Waals surface area contributed by atoms with E-state index in [4.69, 9.17) is 5.73 Å². The maximum atomic E-state index is 12.0. The van der Waals surface area contributed by atoms with E-state index in [1.165, 1.54) is 10.9 Å². The maximum absolute atomic E-state index is 12.0. The molecule has 1 aromatic rings. The predicted molar refractivity (Wildman–Crippen MR) is 104 cm³/mol. The molecule has 1 heterocycles. The van der Waals surface area contributed by atoms with E-state index in [2.05, 4.69) is 15.7 Å². The normalized spacial score (nSPS) is 12.0. The monoisotopic (exact) mass is 396 g/mol. The lowest BCUT2D eigenvalue weighted by Gasteiger charge is -2.25. The van der Waals surface area contributed by atoms with Crippen LogP contribution in [0, 0.1) is 5.41 Å². The van der Waals surface area contributed by atoms with Crippen LogP contribution in [0.4, 0.5) is 5.69 Å². The zero-order valence-corrected chi connectivity index (χ0v) is 17.0. The van der Waals surface area contributed by atoms with Crippen molar-refractivity contribution < 1.29 is 9.59 Å². The molecule has 2 amide bonds. The van der Waals surface area contributed by atoms with Crippen LogP contribution in [0.1, 0.15) is 20.8 Å². The minimum atomic E-state index is -0.625. The van der Waals surface area contributed by atoms with Gasteiger partial charge in [0.05, 0.1) is 17.9 Å². The molecule has 0 radical (unpaired) electrons. The van der Waals surface area contributed by atoms with Crippen LogP contribution in [0.5, 0.6) is 0 Å². The van der Waals surface area contributed by atoms with Gasteiger partial charge in [-0.3, -0.25) is 14.3 Å². The number of carbonyl (C=O) groups is 2. The second kappa shape index (κ2) is 11.3. The molecule has 0 aromatic carbocycles. The fraction of sp³-hybridized carbons (Fsp3) is 0.667. The molecule has 8 nitrogen and oxygen atoms in total. The summed E-state index contributed by atoms with van der Waals surface area (Å²) < 4.78 is 1.48. The number of nitrogens with one attached hydrogen (secondary N) is 2. The van der Waals surface area contributed by atoms with Crippen molar-refractivity contribution in [2.45, 2.75) is 33.4 Å². The van der Waals surface area contributed by atoms with Crippen LogP contribution in [0.2, 0.25) is 0 Å². The van der Waals surface area contributed by atoms with Crippen molar-refractivity contribution in [3.63, 3.8) is 0 Å². The lowest BCUT2D eigenvalue weighted by atomic mass is 9.87. The number of hydrogen-bond donors (Lipinski definition) is 3. The average Bonchev–Trinajstić information content (AvgIpc) is 2.83. The third kappa shape index (κ3) is 9.64. The maximum Gasteiger partial charge on any atom is 0.241 e. The SMILES string of the molecule is CN(C)CCNC(=O)Cn1cc(NC(=O)[C@@H](N)C(C)(C)C)cn1.Cl.Cl. The molecule has 10 heteroatoms. The van der Waals surface area contributed by atoms with Gasteiger partial charge in [0, 0.05) is 19.3 Å². The summed E-state index contributed by atoms with van der Waals surface area (Å²) in [6.45, 7) is 7.17. The second-order valence-electron chi connectivity index (χ2n) is 6.91. The van der Waals surface area contributed by atoms with Crippen molar-refractivity contribution >= 4 is 42.3 Å². The minimum Gasteiger partial charge on any atom is -0.353 e. The van der Waals surface area contributed by atoms with Crippen LogP contribution < -0.4 is 16.4 Å². The summed E-state index contributed by atoms with van der Waals surface area (Å²) in [7, 11) is 3.88. The van der Waals surface area contributed by atoms with Gasteiger partial charge >= 0.3 is 0 Å². The minimum absolute atomic E-state index is 0. The Labute approximate surface area is 161 Å². The summed E-state index contributed by atoms with van der Waals surface area (Å²) in [5.41, 5.74) is 6.10. The van der Waals surface area contributed by atoms with Crippen LogP contribution in [-0.4, -0.2) is 59.7 Å². The predicted octanol–water partition coefficient (Wildman–Crippen LogP) is 0.716. The molecular formula is C15H30Cl2N6O2. The van der Waals surface area contributed by atoms with Gasteiger partial charge in [-0.05, 0) is 19.5 Å². The summed E-state index contributed by atoms with van der Waals surface area (Å²) in [5, 5.41) is 9.58. The topological polar surface area (TPSA) is 105 Å². The summed E-state index contributed by atoms with van der Waals surface area (Å²) in [6.07, 6.45) is 3.11. The van der Waals surface area contributed by atoms with E-state index in [1.807, 2.05) is 39.8 Å². The molecule has 0 fully saturated rings. The van der Waals surface area contributed by atoms with Gasteiger partial charge < -0.3 is 21.3 Å². The molecule has 0 spiro atoms. The molecule has 1 atom stereocenters. The number of aromatic nitrogens is 2. The molecule has 0 aliphatic rings. The zero-order chi connectivity index (χ0) is 17.6. The number of likely N-dealkylation sites (N-methyl/N-ethyl adjacent to an activating group) is 1. The Morgan fingerprint density at radius 2 is 1.92 bits per heavy atom. The fourth-order valence-corrected chi connectivity index (χ4v) is 1.75. The number of anilines is 1. The molecule has 146 valence electrons. The van der Waals surface area contributed by atoms with Crippen LogP contribution >= 0.6 is 24.8 Å². The van der Waals surface area contributed by atoms with E-state index in [1.54, 1.807) is 6.20 Å². The molecular weight excluding hydrogens is 367 g/mol. The van der Waals surface area contributed by atoms with Gasteiger partial charge in [0.25, 0.3) is 0 Å². The van der Waals surface area contributed by atoms with Gasteiger partial charge in [-0.1, -0.05) is 20.8 Å². The number of rotatable bonds is 7. The van der Waals surface area contributed by atoms with Crippen molar-refractivity contribution in [2.75, 3.05) is 32.5 Å². The molecule has 0 bridgehead atoms. The van der Waals surface area contributed by atoms with Crippen molar-refractivity contribution in [1.29, 1.82) is 0 Å². The van der Waals surface area contributed by atoms with E-state index >= 15 is 0 Å². The van der Waals surface area contributed by atoms with Gasteiger partial charge in [0.15, 0.2) is 0 Å². The standard InChI is InChI=1S/C15H28N6O2.2ClH/c1-15(2,3)13(16)14(23)19-11-8-18-21(9-11)10-12(22)17-6-7-20(4)5;;/h8-9,13H,6-7,10,16H2,1-5H3,(H,17,22)(H,19,23);2*1H/t13-;;/m1../s1. The van der Waals surface area contributed by atoms with Crippen molar-refractivity contribution in [3.05, 3.63) is 12.4 Å². The molecule has 0 aliphatic carbocycles. The zero-order valence-electron chi connectivity index (χ0n) is 15.4. The Hall–Kier alpha value is -1.35. The smallest absolute Gasteiger partial charge is 0.241 e. The molecule has 0 unspecified atom stereocenters. The Kier molecular flexibility index (Phi) is 11.7. The van der Waals surface area contributed by atoms with Crippen LogP contribution in [0.3, 0.4) is 0 Å². The Morgan fingerprint density at radius 3 is 2.44 bits per heavy atom. The first-order valence-corrected chi connectivity index (χ1v) is 7.60. The van der Waals surface area contributed by atoms with Crippen molar-refractivity contribution in [2.24, 2.45) is 11.1 Å². The first-order valence-electron chi connectivity index (χ1n) is 7.60. The number of carbonyl (C=O) groups excluding carboxylic acids is 2. The highest BCUT2D eigenvalue weighted by atomic mass is 35.5. The number of nitrogens with zero attached hydrogens (tertiary/aromatic N) is 3. The first-order chi connectivity index (χ1) is 10.6. The van der Waals surface area contributed by atoms with E-state index in [0.29, 0.717) is 12.2 Å². The molecule has 25 heavy (non-hydrogen) atoms. The first kappa shape index (κ1) is 25.9. The van der Waals surface area contributed by atoms with Crippen LogP contribution in [-0.2, 0) is 16.1 Å². The second-order valence-corrected chi connectivity index (χ2v) is 6.91. The van der Waals surface area contributed by atoms with Gasteiger partial charge in [-0.15, -0.1) is 24.8 Å². The van der Waals surface area contributed by atoms with E-state index in [0.717, 1.165) is 6.54 Å². The third-order valence-corrected chi connectivity index (χ3v) is 3.30. The highest BCUT2D eigenvalue weighted by Gasteiger charge is 2.27. The molecule has 4 N–H and O–H groups in total. The van der Waals surface area contributed by atoms with Gasteiger partial charge in [0.1, 0.15) is 6.54 Å². The van der Waals surface area contributed by atoms with Crippen LogP contribution in [0.15, 0.2) is 12.4 Å². The quantitative estimate of drug-likeness (QED) is 0.629. The van der Waals surface area contributed by atoms with Gasteiger partial charge in [-0.2, -0.15) is 5.10 Å². The molecule has 1 aromatic heterocycles. The third-order valence-electron chi connectivity index (χ3n) is 3.30. The van der Waals surface area contributed by atoms with Crippen LogP contribution in [0.25, 0.3) is 0 Å². The Morgan fingerprint density at radius 1 is 1.32 bits per heavy atom. The lowest BCUT2D eigenvalue weighted by Crippen LogP contribution is -2.45. The van der Waals surface area contributed by atoms with E-state index in [-0.39, 0.29) is 48.6 Å². The molecule has 0 saturated carbocycles. The van der Waals surface area contributed by atoms with Gasteiger partial charge in [-0.25, -0.2) is 0 Å². The van der Waals surface area contributed by atoms with Gasteiger partial charge in [0.2, 0.25) is 11.8 Å². The van der Waals surface area contributed by atoms with Crippen molar-refractivity contribution in [1.82, 2.24) is 20.0 Å². The lowest BCUT2D eigenvalue weighted by molar-refractivity contribution is -0.122. The molecule has 1 rings (SSSR count).